The molecule has 0 aromatic heterocycles. The number of carbonyl (C=O) groups excluding carboxylic acids is 2. The number of hydrogen-bond donors (Lipinski definition) is 5. The molecule has 0 spiro atoms. The molecule has 5 N–H and O–H groups in total. The van der Waals surface area contributed by atoms with Gasteiger partial charge in [-0.15, -0.1) is 0 Å². The van der Waals surface area contributed by atoms with Crippen molar-refractivity contribution < 1.29 is 44.6 Å². The molecule has 9 heteroatoms. The number of aliphatic hydroxyl groups is 3. The number of benzene rings is 2. The summed E-state index contributed by atoms with van der Waals surface area (Å²) >= 11 is 0. The number of rotatable bonds is 3. The van der Waals surface area contributed by atoms with Crippen LogP contribution in [0.1, 0.15) is 37.4 Å². The van der Waals surface area contributed by atoms with E-state index in [1.54, 1.807) is 6.92 Å². The third-order valence-electron chi connectivity index (χ3n) is 5.13. The Morgan fingerprint density at radius 3 is 2.31 bits per heavy atom. The number of ketones is 2. The van der Waals surface area contributed by atoms with Gasteiger partial charge in [0.15, 0.2) is 5.78 Å². The molecule has 1 heterocycles. The van der Waals surface area contributed by atoms with Crippen molar-refractivity contribution in [2.45, 2.75) is 24.9 Å². The van der Waals surface area contributed by atoms with Crippen molar-refractivity contribution in [3.63, 3.8) is 0 Å². The van der Waals surface area contributed by atoms with E-state index in [1.807, 2.05) is 0 Å². The van der Waals surface area contributed by atoms with Crippen molar-refractivity contribution in [2.75, 3.05) is 13.2 Å². The van der Waals surface area contributed by atoms with Crippen molar-refractivity contribution in [2.24, 2.45) is 0 Å². The first-order valence-electron chi connectivity index (χ1n) is 8.76. The molecule has 152 valence electrons. The van der Waals surface area contributed by atoms with E-state index in [1.165, 1.54) is 18.2 Å². The first-order valence-corrected chi connectivity index (χ1v) is 8.76. The van der Waals surface area contributed by atoms with Gasteiger partial charge in [-0.05, 0) is 30.7 Å². The molecule has 0 saturated carbocycles. The molecule has 0 bridgehead atoms. The van der Waals surface area contributed by atoms with Crippen LogP contribution in [-0.2, 0) is 4.74 Å². The van der Waals surface area contributed by atoms with Gasteiger partial charge in [0.05, 0.1) is 24.3 Å². The van der Waals surface area contributed by atoms with E-state index in [-0.39, 0.29) is 40.4 Å². The van der Waals surface area contributed by atoms with Crippen molar-refractivity contribution in [1.29, 1.82) is 0 Å². The summed E-state index contributed by atoms with van der Waals surface area (Å²) in [6, 6.07) is 5.09. The molecule has 1 fully saturated rings. The maximum atomic E-state index is 12.9. The van der Waals surface area contributed by atoms with Crippen LogP contribution in [0.15, 0.2) is 24.3 Å². The molecule has 9 nitrogen and oxygen atoms in total. The van der Waals surface area contributed by atoms with Crippen molar-refractivity contribution in [3.05, 3.63) is 52.1 Å². The highest BCUT2D eigenvalue weighted by molar-refractivity contribution is 6.30. The number of aryl methyl sites for hydroxylation is 1. The Kier molecular flexibility index (Phi) is 4.35. The Bertz CT molecular complexity index is 1040. The normalized spacial score (nSPS) is 25.7. The summed E-state index contributed by atoms with van der Waals surface area (Å²) in [5, 5.41) is 49.8. The van der Waals surface area contributed by atoms with Crippen LogP contribution in [0.2, 0.25) is 0 Å². The SMILES string of the molecule is Cc1cc(O)c2c(c1)C(=O)c1cc(O[C@H]3OC[C@](O)(CO)[C@@H]3O)cc(O)c1C2=O. The second kappa shape index (κ2) is 6.53. The number of ether oxygens (including phenoxy) is 2. The smallest absolute Gasteiger partial charge is 0.229 e. The lowest BCUT2D eigenvalue weighted by Crippen LogP contribution is -2.48. The molecule has 0 amide bonds. The highest BCUT2D eigenvalue weighted by Gasteiger charge is 2.49. The van der Waals surface area contributed by atoms with E-state index in [4.69, 9.17) is 9.47 Å². The highest BCUT2D eigenvalue weighted by Crippen LogP contribution is 2.40. The number of carbonyl (C=O) groups is 2. The van der Waals surface area contributed by atoms with Gasteiger partial charge < -0.3 is 35.0 Å². The van der Waals surface area contributed by atoms with Gasteiger partial charge in [0.2, 0.25) is 12.1 Å². The molecule has 3 atom stereocenters. The predicted molar refractivity (Wildman–Crippen MR) is 96.2 cm³/mol. The minimum Gasteiger partial charge on any atom is -0.507 e. The fraction of sp³-hybridized carbons (Fsp3) is 0.300. The number of fused-ring (bicyclic) bond motifs is 2. The molecule has 2 aliphatic rings. The Labute approximate surface area is 164 Å². The zero-order chi connectivity index (χ0) is 21.1. The quantitative estimate of drug-likeness (QED) is 0.407. The second-order valence-corrected chi connectivity index (χ2v) is 7.23. The largest absolute Gasteiger partial charge is 0.507 e. The van der Waals surface area contributed by atoms with Gasteiger partial charge in [-0.2, -0.15) is 0 Å². The minimum absolute atomic E-state index is 0.00311. The zero-order valence-electron chi connectivity index (χ0n) is 15.2. The summed E-state index contributed by atoms with van der Waals surface area (Å²) in [6.07, 6.45) is -2.94. The van der Waals surface area contributed by atoms with Crippen LogP contribution in [0.5, 0.6) is 17.2 Å². The number of aromatic hydroxyl groups is 2. The van der Waals surface area contributed by atoms with Crippen LogP contribution in [0.3, 0.4) is 0 Å². The summed E-state index contributed by atoms with van der Waals surface area (Å²) in [6.45, 7) is 0.525. The van der Waals surface area contributed by atoms with Crippen LogP contribution in [0.25, 0.3) is 0 Å². The molecule has 1 aliphatic carbocycles. The monoisotopic (exact) mass is 402 g/mol. The summed E-state index contributed by atoms with van der Waals surface area (Å²) in [5.41, 5.74) is -1.90. The number of phenolic OH excluding ortho intramolecular Hbond substituents is 2. The van der Waals surface area contributed by atoms with Crippen LogP contribution >= 0.6 is 0 Å². The molecular formula is C20H18O9. The third-order valence-corrected chi connectivity index (χ3v) is 5.13. The maximum Gasteiger partial charge on any atom is 0.229 e. The van der Waals surface area contributed by atoms with E-state index >= 15 is 0 Å². The lowest BCUT2D eigenvalue weighted by atomic mass is 9.82. The Morgan fingerprint density at radius 2 is 1.69 bits per heavy atom. The molecule has 0 radical (unpaired) electrons. The van der Waals surface area contributed by atoms with Gasteiger partial charge in [-0.3, -0.25) is 9.59 Å². The van der Waals surface area contributed by atoms with E-state index in [0.29, 0.717) is 5.56 Å². The molecular weight excluding hydrogens is 384 g/mol. The van der Waals surface area contributed by atoms with Gasteiger partial charge in [-0.25, -0.2) is 0 Å². The summed E-state index contributed by atoms with van der Waals surface area (Å²) in [5.74, 6) is -2.29. The zero-order valence-corrected chi connectivity index (χ0v) is 15.2. The van der Waals surface area contributed by atoms with Gasteiger partial charge in [0, 0.05) is 17.2 Å². The van der Waals surface area contributed by atoms with Gasteiger partial charge in [-0.1, -0.05) is 0 Å². The molecule has 4 rings (SSSR count). The van der Waals surface area contributed by atoms with Crippen LogP contribution in [0, 0.1) is 6.92 Å². The molecule has 1 saturated heterocycles. The summed E-state index contributed by atoms with van der Waals surface area (Å²) < 4.78 is 10.6. The number of phenols is 2. The van der Waals surface area contributed by atoms with E-state index in [9.17, 15) is 35.1 Å². The van der Waals surface area contributed by atoms with Gasteiger partial charge in [0.25, 0.3) is 0 Å². The van der Waals surface area contributed by atoms with E-state index < -0.39 is 41.9 Å². The summed E-state index contributed by atoms with van der Waals surface area (Å²) in [4.78, 5) is 25.7. The van der Waals surface area contributed by atoms with Crippen molar-refractivity contribution in [3.8, 4) is 17.2 Å². The molecule has 0 unspecified atom stereocenters. The van der Waals surface area contributed by atoms with E-state index in [0.717, 1.165) is 6.07 Å². The van der Waals surface area contributed by atoms with Crippen molar-refractivity contribution in [1.82, 2.24) is 0 Å². The molecule has 1 aliphatic heterocycles. The standard InChI is InChI=1S/C20H18O9/c1-8-2-10-14(12(22)3-8)17(25)15-11(16(10)24)4-9(5-13(15)23)29-19-18(26)20(27,6-21)7-28-19/h2-5,18-19,21-23,26-27H,6-7H2,1H3/t18-,19-,20-/m1/s1. The minimum atomic E-state index is -1.90. The summed E-state index contributed by atoms with van der Waals surface area (Å²) in [7, 11) is 0. The molecule has 2 aromatic rings. The topological polar surface area (TPSA) is 154 Å². The lowest BCUT2D eigenvalue weighted by molar-refractivity contribution is -0.115. The first-order chi connectivity index (χ1) is 13.7. The fourth-order valence-electron chi connectivity index (χ4n) is 3.57. The van der Waals surface area contributed by atoms with Crippen LogP contribution < -0.4 is 4.74 Å². The molecule has 2 aromatic carbocycles. The molecule has 29 heavy (non-hydrogen) atoms. The Morgan fingerprint density at radius 1 is 1.07 bits per heavy atom. The van der Waals surface area contributed by atoms with E-state index in [2.05, 4.69) is 0 Å². The predicted octanol–water partition coefficient (Wildman–Crippen LogP) is 0.00102. The third kappa shape index (κ3) is 2.87. The number of hydrogen-bond acceptors (Lipinski definition) is 9. The second-order valence-electron chi connectivity index (χ2n) is 7.23. The average molecular weight is 402 g/mol. The van der Waals surface area contributed by atoms with Crippen LogP contribution in [-0.4, -0.2) is 68.3 Å². The maximum absolute atomic E-state index is 12.9. The highest BCUT2D eigenvalue weighted by atomic mass is 16.7. The fourth-order valence-corrected chi connectivity index (χ4v) is 3.57. The Balaban J connectivity index is 1.74. The van der Waals surface area contributed by atoms with Gasteiger partial charge >= 0.3 is 0 Å². The average Bonchev–Trinajstić information content (AvgIpc) is 2.94. The van der Waals surface area contributed by atoms with Gasteiger partial charge in [0.1, 0.15) is 29.0 Å². The first kappa shape index (κ1) is 19.3. The number of aliphatic hydroxyl groups excluding tert-OH is 2. The lowest BCUT2D eigenvalue weighted by Gasteiger charge is -2.24. The van der Waals surface area contributed by atoms with Crippen LogP contribution in [0.4, 0.5) is 0 Å². The van der Waals surface area contributed by atoms with Crippen molar-refractivity contribution >= 4 is 11.6 Å². The Hall–Kier alpha value is -2.98.